The number of hydrogen-bond donors (Lipinski definition) is 1. The Balaban J connectivity index is 0.000000980. The largest absolute Gasteiger partial charge is 0.344 e. The number of fused-ring (bicyclic) bond motifs is 1. The fraction of sp³-hybridized carbons (Fsp3) is 0.231. The highest BCUT2D eigenvalue weighted by Crippen LogP contribution is 2.20. The minimum atomic E-state index is 0. The minimum Gasteiger partial charge on any atom is -0.344 e. The van der Waals surface area contributed by atoms with Gasteiger partial charge in [-0.05, 0) is 42.5 Å². The van der Waals surface area contributed by atoms with Gasteiger partial charge in [0.1, 0.15) is 0 Å². The number of aryl methyl sites for hydroxylation is 2. The van der Waals surface area contributed by atoms with Gasteiger partial charge in [0.2, 0.25) is 0 Å². The van der Waals surface area contributed by atoms with E-state index in [0.29, 0.717) is 0 Å². The highest BCUT2D eigenvalue weighted by Gasteiger charge is 2.02. The van der Waals surface area contributed by atoms with Gasteiger partial charge < -0.3 is 6.15 Å². The normalized spacial score (nSPS) is 13.0. The summed E-state index contributed by atoms with van der Waals surface area (Å²) in [5.41, 5.74) is 5.58. The molecule has 1 aromatic carbocycles. The molecule has 0 saturated heterocycles. The molecule has 0 heterocycles. The van der Waals surface area contributed by atoms with E-state index in [1.807, 2.05) is 0 Å². The molecule has 0 amide bonds. The van der Waals surface area contributed by atoms with Crippen molar-refractivity contribution < 1.29 is 0 Å². The molecule has 1 heteroatoms. The highest BCUT2D eigenvalue weighted by atomic mass is 14.1. The van der Waals surface area contributed by atoms with E-state index in [1.54, 1.807) is 0 Å². The van der Waals surface area contributed by atoms with Gasteiger partial charge >= 0.3 is 0 Å². The minimum absolute atomic E-state index is 0. The van der Waals surface area contributed by atoms with Gasteiger partial charge in [-0.25, -0.2) is 0 Å². The maximum atomic E-state index is 2.30. The number of rotatable bonds is 0. The Morgan fingerprint density at radius 1 is 1.00 bits per heavy atom. The van der Waals surface area contributed by atoms with Gasteiger partial charge in [-0.3, -0.25) is 0 Å². The lowest BCUT2D eigenvalue weighted by Gasteiger charge is -2.07. The fourth-order valence-electron chi connectivity index (χ4n) is 1.66. The van der Waals surface area contributed by atoms with E-state index in [9.17, 15) is 0 Å². The van der Waals surface area contributed by atoms with Crippen LogP contribution in [0.5, 0.6) is 0 Å². The SMILES string of the molecule is Cc1cc2c(cc1C)CC=CC=C2.N. The van der Waals surface area contributed by atoms with E-state index in [4.69, 9.17) is 0 Å². The van der Waals surface area contributed by atoms with Crippen molar-refractivity contribution in [3.05, 3.63) is 52.6 Å². The predicted octanol–water partition coefficient (Wildman–Crippen LogP) is 3.59. The number of allylic oxidation sites excluding steroid dienone is 3. The van der Waals surface area contributed by atoms with Crippen molar-refractivity contribution in [2.75, 3.05) is 0 Å². The van der Waals surface area contributed by atoms with Crippen LogP contribution in [-0.2, 0) is 6.42 Å². The summed E-state index contributed by atoms with van der Waals surface area (Å²) in [5, 5.41) is 0. The Kier molecular flexibility index (Phi) is 3.26. The molecule has 1 aliphatic carbocycles. The third-order valence-electron chi connectivity index (χ3n) is 2.62. The van der Waals surface area contributed by atoms with Crippen LogP contribution in [0.4, 0.5) is 0 Å². The zero-order chi connectivity index (χ0) is 9.26. The van der Waals surface area contributed by atoms with E-state index in [-0.39, 0.29) is 6.15 Å². The summed E-state index contributed by atoms with van der Waals surface area (Å²) in [6, 6.07) is 4.57. The molecule has 74 valence electrons. The van der Waals surface area contributed by atoms with Crippen molar-refractivity contribution in [2.24, 2.45) is 0 Å². The van der Waals surface area contributed by atoms with Crippen LogP contribution in [0.3, 0.4) is 0 Å². The van der Waals surface area contributed by atoms with Crippen molar-refractivity contribution in [1.29, 1.82) is 0 Å². The van der Waals surface area contributed by atoms with Gasteiger partial charge in [0.15, 0.2) is 0 Å². The molecule has 0 saturated carbocycles. The van der Waals surface area contributed by atoms with Crippen LogP contribution >= 0.6 is 0 Å². The summed E-state index contributed by atoms with van der Waals surface area (Å²) in [6.45, 7) is 4.34. The lowest BCUT2D eigenvalue weighted by molar-refractivity contribution is 1.21. The van der Waals surface area contributed by atoms with Crippen molar-refractivity contribution >= 4 is 6.08 Å². The van der Waals surface area contributed by atoms with Crippen LogP contribution < -0.4 is 6.15 Å². The van der Waals surface area contributed by atoms with Gasteiger partial charge in [-0.15, -0.1) is 0 Å². The van der Waals surface area contributed by atoms with Crippen LogP contribution in [0.25, 0.3) is 6.08 Å². The van der Waals surface area contributed by atoms with Gasteiger partial charge in [-0.1, -0.05) is 36.4 Å². The molecule has 0 spiro atoms. The van der Waals surface area contributed by atoms with Crippen molar-refractivity contribution in [1.82, 2.24) is 6.15 Å². The Morgan fingerprint density at radius 2 is 1.71 bits per heavy atom. The topological polar surface area (TPSA) is 35.0 Å². The van der Waals surface area contributed by atoms with Crippen LogP contribution in [0.1, 0.15) is 22.3 Å². The van der Waals surface area contributed by atoms with Crippen molar-refractivity contribution in [3.63, 3.8) is 0 Å². The zero-order valence-corrected chi connectivity index (χ0v) is 8.88. The first-order valence-corrected chi connectivity index (χ1v) is 4.71. The molecular formula is C13H17N. The first-order valence-electron chi connectivity index (χ1n) is 4.71. The molecule has 0 fully saturated rings. The average Bonchev–Trinajstić information content (AvgIpc) is 2.31. The third-order valence-corrected chi connectivity index (χ3v) is 2.62. The molecule has 0 aromatic heterocycles. The molecule has 2 rings (SSSR count). The van der Waals surface area contributed by atoms with Crippen LogP contribution in [0, 0.1) is 13.8 Å². The van der Waals surface area contributed by atoms with Gasteiger partial charge in [-0.2, -0.15) is 0 Å². The molecule has 0 atom stereocenters. The molecule has 1 nitrogen and oxygen atoms in total. The zero-order valence-electron chi connectivity index (χ0n) is 8.88. The van der Waals surface area contributed by atoms with E-state index in [2.05, 4.69) is 50.3 Å². The van der Waals surface area contributed by atoms with Crippen molar-refractivity contribution in [2.45, 2.75) is 20.3 Å². The monoisotopic (exact) mass is 187 g/mol. The molecule has 1 aromatic rings. The molecule has 0 aliphatic heterocycles. The maximum absolute atomic E-state index is 2.30. The third kappa shape index (κ3) is 1.94. The summed E-state index contributed by atoms with van der Waals surface area (Å²) < 4.78 is 0. The van der Waals surface area contributed by atoms with Gasteiger partial charge in [0.05, 0.1) is 0 Å². The summed E-state index contributed by atoms with van der Waals surface area (Å²) >= 11 is 0. The van der Waals surface area contributed by atoms with Gasteiger partial charge in [0.25, 0.3) is 0 Å². The highest BCUT2D eigenvalue weighted by molar-refractivity contribution is 5.59. The lowest BCUT2D eigenvalue weighted by atomic mass is 9.98. The van der Waals surface area contributed by atoms with E-state index in [1.165, 1.54) is 22.3 Å². The lowest BCUT2D eigenvalue weighted by Crippen LogP contribution is -1.90. The smallest absolute Gasteiger partial charge is 0.00883 e. The van der Waals surface area contributed by atoms with E-state index >= 15 is 0 Å². The average molecular weight is 187 g/mol. The fourth-order valence-corrected chi connectivity index (χ4v) is 1.66. The molecule has 0 bridgehead atoms. The molecule has 0 unspecified atom stereocenters. The molecular weight excluding hydrogens is 170 g/mol. The summed E-state index contributed by atoms with van der Waals surface area (Å²) in [7, 11) is 0. The second kappa shape index (κ2) is 4.25. The number of hydrogen-bond acceptors (Lipinski definition) is 1. The van der Waals surface area contributed by atoms with E-state index < -0.39 is 0 Å². The summed E-state index contributed by atoms with van der Waals surface area (Å²) in [4.78, 5) is 0. The first-order chi connectivity index (χ1) is 6.27. The predicted molar refractivity (Wildman–Crippen MR) is 62.8 cm³/mol. The molecule has 3 N–H and O–H groups in total. The Labute approximate surface area is 85.7 Å². The van der Waals surface area contributed by atoms with Crippen LogP contribution in [-0.4, -0.2) is 0 Å². The molecule has 0 radical (unpaired) electrons. The van der Waals surface area contributed by atoms with Crippen molar-refractivity contribution in [3.8, 4) is 0 Å². The maximum Gasteiger partial charge on any atom is -0.00883 e. The Bertz CT molecular complexity index is 386. The number of benzene rings is 1. The van der Waals surface area contributed by atoms with Gasteiger partial charge in [0, 0.05) is 0 Å². The Morgan fingerprint density at radius 3 is 2.50 bits per heavy atom. The summed E-state index contributed by atoms with van der Waals surface area (Å²) in [6.07, 6.45) is 9.68. The second-order valence-electron chi connectivity index (χ2n) is 3.63. The first kappa shape index (κ1) is 10.7. The Hall–Kier alpha value is -1.34. The molecule has 14 heavy (non-hydrogen) atoms. The van der Waals surface area contributed by atoms with E-state index in [0.717, 1.165) is 6.42 Å². The second-order valence-corrected chi connectivity index (χ2v) is 3.63. The quantitative estimate of drug-likeness (QED) is 0.661. The van der Waals surface area contributed by atoms with Crippen LogP contribution in [0.15, 0.2) is 30.4 Å². The standard InChI is InChI=1S/C13H14.H3N/c1-10-8-12-6-4-3-5-7-13(12)9-11(10)2;/h3-6,8-9H,7H2,1-2H3;1H3. The molecule has 1 aliphatic rings. The summed E-state index contributed by atoms with van der Waals surface area (Å²) in [5.74, 6) is 0. The van der Waals surface area contributed by atoms with Crippen LogP contribution in [0.2, 0.25) is 0 Å².